The van der Waals surface area contributed by atoms with E-state index in [0.717, 1.165) is 24.0 Å². The van der Waals surface area contributed by atoms with Crippen LogP contribution in [0.3, 0.4) is 0 Å². The van der Waals surface area contributed by atoms with Crippen LogP contribution >= 0.6 is 23.4 Å². The minimum absolute atomic E-state index is 0.0341. The molecule has 3 aromatic rings. The van der Waals surface area contributed by atoms with Gasteiger partial charge in [-0.15, -0.1) is 0 Å². The molecule has 1 aromatic heterocycles. The highest BCUT2D eigenvalue weighted by atomic mass is 35.5. The van der Waals surface area contributed by atoms with E-state index < -0.39 is 11.9 Å². The van der Waals surface area contributed by atoms with Gasteiger partial charge in [0, 0.05) is 11.9 Å². The first kappa shape index (κ1) is 24.3. The molecule has 0 radical (unpaired) electrons. The van der Waals surface area contributed by atoms with Crippen LogP contribution in [0, 0.1) is 0 Å². The first-order valence-corrected chi connectivity index (χ1v) is 13.2. The van der Waals surface area contributed by atoms with Crippen molar-refractivity contribution >= 4 is 40.4 Å². The summed E-state index contributed by atoms with van der Waals surface area (Å²) >= 11 is 7.59. The molecule has 7 nitrogen and oxygen atoms in total. The summed E-state index contributed by atoms with van der Waals surface area (Å²) in [6.45, 7) is 0.0975. The molecule has 0 bridgehead atoms. The van der Waals surface area contributed by atoms with Crippen molar-refractivity contribution in [1.82, 2.24) is 20.9 Å². The summed E-state index contributed by atoms with van der Waals surface area (Å²) < 4.78 is 0. The molecule has 1 aliphatic heterocycles. The third-order valence-corrected chi connectivity index (χ3v) is 7.84. The van der Waals surface area contributed by atoms with Crippen molar-refractivity contribution in [3.8, 4) is 0 Å². The number of hydrogen-bond donors (Lipinski definition) is 3. The second-order valence-electron chi connectivity index (χ2n) is 8.79. The molecule has 1 aliphatic carbocycles. The number of fused-ring (bicyclic) bond motifs is 2. The molecule has 2 aromatic carbocycles. The Morgan fingerprint density at radius 3 is 2.28 bits per heavy atom. The molecule has 3 N–H and O–H groups in total. The Bertz CT molecular complexity index is 1280. The molecule has 3 amide bonds. The average Bonchev–Trinajstić information content (AvgIpc) is 3.22. The second kappa shape index (κ2) is 10.7. The molecule has 0 saturated carbocycles. The van der Waals surface area contributed by atoms with Gasteiger partial charge in [0.2, 0.25) is 5.12 Å². The number of benzene rings is 2. The Hall–Kier alpha value is -3.36. The molecule has 1 unspecified atom stereocenters. The molecule has 184 valence electrons. The highest BCUT2D eigenvalue weighted by Crippen LogP contribution is 2.32. The molecule has 2 aliphatic rings. The van der Waals surface area contributed by atoms with Gasteiger partial charge in [-0.2, -0.15) is 0 Å². The van der Waals surface area contributed by atoms with Gasteiger partial charge in [-0.25, -0.2) is 4.79 Å². The monoisotopic (exact) mass is 520 g/mol. The van der Waals surface area contributed by atoms with Crippen molar-refractivity contribution in [2.75, 3.05) is 5.75 Å². The lowest BCUT2D eigenvalue weighted by Gasteiger charge is -2.22. The topological polar surface area (TPSA) is 100 Å². The summed E-state index contributed by atoms with van der Waals surface area (Å²) in [5, 5.41) is 8.90. The largest absolute Gasteiger partial charge is 0.341 e. The average molecular weight is 521 g/mol. The highest BCUT2D eigenvalue weighted by Gasteiger charge is 2.28. The Labute approximate surface area is 218 Å². The molecule has 1 fully saturated rings. The summed E-state index contributed by atoms with van der Waals surface area (Å²) in [4.78, 5) is 41.5. The number of nitrogens with one attached hydrogen (secondary N) is 3. The number of pyridine rings is 1. The summed E-state index contributed by atoms with van der Waals surface area (Å²) in [7, 11) is 0. The van der Waals surface area contributed by atoms with E-state index in [-0.39, 0.29) is 34.3 Å². The van der Waals surface area contributed by atoms with Crippen LogP contribution in [0.1, 0.15) is 50.8 Å². The minimum atomic E-state index is -0.481. The number of rotatable bonds is 5. The SMILES string of the molecule is O=C(NCc1ncc(C(=O)NC2CCSC2=O)cc1Cl)NC1c2ccccc2CCc2ccccc21. The van der Waals surface area contributed by atoms with Crippen LogP contribution in [-0.2, 0) is 24.2 Å². The maximum Gasteiger partial charge on any atom is 0.315 e. The fraction of sp³-hybridized carbons (Fsp3) is 0.259. The smallest absolute Gasteiger partial charge is 0.315 e. The molecular formula is C27H25ClN4O3S. The number of carbonyl (C=O) groups excluding carboxylic acids is 3. The molecule has 0 spiro atoms. The maximum atomic E-state index is 12.9. The van der Waals surface area contributed by atoms with Gasteiger partial charge in [-0.3, -0.25) is 14.6 Å². The van der Waals surface area contributed by atoms with Crippen molar-refractivity contribution in [2.45, 2.75) is 37.9 Å². The van der Waals surface area contributed by atoms with Crippen LogP contribution in [0.4, 0.5) is 4.79 Å². The number of urea groups is 1. The number of aryl methyl sites for hydroxylation is 2. The molecule has 1 atom stereocenters. The molecular weight excluding hydrogens is 496 g/mol. The zero-order chi connectivity index (χ0) is 25.1. The van der Waals surface area contributed by atoms with Crippen molar-refractivity contribution in [3.05, 3.63) is 99.3 Å². The third kappa shape index (κ3) is 5.24. The van der Waals surface area contributed by atoms with E-state index >= 15 is 0 Å². The summed E-state index contributed by atoms with van der Waals surface area (Å²) in [5.41, 5.74) is 5.32. The quantitative estimate of drug-likeness (QED) is 0.468. The maximum absolute atomic E-state index is 12.9. The number of aromatic nitrogens is 1. The minimum Gasteiger partial charge on any atom is -0.341 e. The Morgan fingerprint density at radius 2 is 1.67 bits per heavy atom. The van der Waals surface area contributed by atoms with Crippen LogP contribution in [0.2, 0.25) is 5.02 Å². The number of nitrogens with zero attached hydrogens (tertiary/aromatic N) is 1. The van der Waals surface area contributed by atoms with Crippen molar-refractivity contribution in [2.24, 2.45) is 0 Å². The molecule has 9 heteroatoms. The van der Waals surface area contributed by atoms with Gasteiger partial charge in [-0.05, 0) is 47.6 Å². The second-order valence-corrected chi connectivity index (χ2v) is 10.3. The van der Waals surface area contributed by atoms with E-state index in [2.05, 4.69) is 45.2 Å². The fourth-order valence-electron chi connectivity index (χ4n) is 4.61. The van der Waals surface area contributed by atoms with Crippen molar-refractivity contribution < 1.29 is 14.4 Å². The van der Waals surface area contributed by atoms with Crippen LogP contribution in [0.15, 0.2) is 60.8 Å². The number of hydrogen-bond acceptors (Lipinski definition) is 5. The number of amides is 3. The number of thioether (sulfide) groups is 1. The normalized spacial score (nSPS) is 17.0. The van der Waals surface area contributed by atoms with Crippen LogP contribution in [0.5, 0.6) is 0 Å². The molecule has 36 heavy (non-hydrogen) atoms. The molecule has 1 saturated heterocycles. The van der Waals surface area contributed by atoms with E-state index in [1.807, 2.05) is 24.3 Å². The fourth-order valence-corrected chi connectivity index (χ4v) is 5.78. The highest BCUT2D eigenvalue weighted by molar-refractivity contribution is 8.14. The predicted octanol–water partition coefficient (Wildman–Crippen LogP) is 4.18. The molecule has 5 rings (SSSR count). The van der Waals surface area contributed by atoms with E-state index in [0.29, 0.717) is 17.9 Å². The Kier molecular flexibility index (Phi) is 7.25. The predicted molar refractivity (Wildman–Crippen MR) is 140 cm³/mol. The zero-order valence-corrected chi connectivity index (χ0v) is 21.0. The lowest BCUT2D eigenvalue weighted by molar-refractivity contribution is -0.112. The number of carbonyl (C=O) groups is 3. The van der Waals surface area contributed by atoms with Gasteiger partial charge >= 0.3 is 6.03 Å². The number of halogens is 1. The zero-order valence-electron chi connectivity index (χ0n) is 19.4. The Morgan fingerprint density at radius 1 is 1.00 bits per heavy atom. The van der Waals surface area contributed by atoms with Crippen LogP contribution < -0.4 is 16.0 Å². The van der Waals surface area contributed by atoms with E-state index in [9.17, 15) is 14.4 Å². The van der Waals surface area contributed by atoms with Crippen LogP contribution in [-0.4, -0.2) is 33.8 Å². The molecule has 2 heterocycles. The van der Waals surface area contributed by atoms with E-state index in [1.165, 1.54) is 35.2 Å². The van der Waals surface area contributed by atoms with Gasteiger partial charge in [0.15, 0.2) is 0 Å². The standard InChI is InChI=1S/C27H25ClN4O3S/c28-21-13-18(25(33)31-22-11-12-36-26(22)34)14-29-23(21)15-30-27(35)32-24-19-7-3-1-5-16(19)9-10-17-6-2-4-8-20(17)24/h1-8,13-14,22,24H,9-12,15H2,(H,31,33)(H2,30,32,35). The summed E-state index contributed by atoms with van der Waals surface area (Å²) in [6.07, 6.45) is 3.85. The van der Waals surface area contributed by atoms with Gasteiger partial charge in [0.25, 0.3) is 5.91 Å². The van der Waals surface area contributed by atoms with Crippen molar-refractivity contribution in [3.63, 3.8) is 0 Å². The van der Waals surface area contributed by atoms with Gasteiger partial charge in [0.1, 0.15) is 0 Å². The van der Waals surface area contributed by atoms with Gasteiger partial charge < -0.3 is 16.0 Å². The summed E-state index contributed by atoms with van der Waals surface area (Å²) in [5.74, 6) is 0.307. The van der Waals surface area contributed by atoms with E-state index in [4.69, 9.17) is 11.6 Å². The lowest BCUT2D eigenvalue weighted by atomic mass is 9.95. The van der Waals surface area contributed by atoms with Crippen molar-refractivity contribution in [1.29, 1.82) is 0 Å². The van der Waals surface area contributed by atoms with Gasteiger partial charge in [-0.1, -0.05) is 71.9 Å². The summed E-state index contributed by atoms with van der Waals surface area (Å²) in [6, 6.07) is 16.8. The first-order valence-electron chi connectivity index (χ1n) is 11.8. The van der Waals surface area contributed by atoms with E-state index in [1.54, 1.807) is 0 Å². The Balaban J connectivity index is 1.25. The van der Waals surface area contributed by atoms with Gasteiger partial charge in [0.05, 0.1) is 34.9 Å². The van der Waals surface area contributed by atoms with Crippen LogP contribution in [0.25, 0.3) is 0 Å². The lowest BCUT2D eigenvalue weighted by Crippen LogP contribution is -2.38. The first-order chi connectivity index (χ1) is 17.5. The third-order valence-electron chi connectivity index (χ3n) is 6.51.